The van der Waals surface area contributed by atoms with Crippen molar-refractivity contribution in [2.75, 3.05) is 20.0 Å². The van der Waals surface area contributed by atoms with Crippen molar-refractivity contribution in [1.29, 1.82) is 0 Å². The van der Waals surface area contributed by atoms with Crippen LogP contribution in [-0.2, 0) is 138 Å². The number of aromatic amines is 2. The van der Waals surface area contributed by atoms with E-state index in [9.17, 15) is 0 Å². The second kappa shape index (κ2) is 29.8. The maximum Gasteiger partial charge on any atom is 0.143 e. The molecule has 17 nitrogen and oxygen atoms in total. The fraction of sp³-hybridized carbons (Fsp3) is 0.385. The molecule has 83 heavy (non-hydrogen) atoms. The molecule has 2 aromatic carbocycles. The summed E-state index contributed by atoms with van der Waals surface area (Å²) >= 11 is 15.7. The number of halogens is 1. The summed E-state index contributed by atoms with van der Waals surface area (Å²) in [7, 11) is 21.4. The molecule has 0 aliphatic heterocycles. The Labute approximate surface area is 528 Å². The van der Waals surface area contributed by atoms with Crippen molar-refractivity contribution in [2.24, 2.45) is 0 Å². The highest BCUT2D eigenvalue weighted by atomic mass is 35.5. The maximum atomic E-state index is 6.33. The quantitative estimate of drug-likeness (QED) is 0.132. The Balaban J connectivity index is 0.000000196. The largest absolute Gasteiger partial charge is 0.496 e. The van der Waals surface area contributed by atoms with Crippen molar-refractivity contribution >= 4 is 181 Å². The molecule has 0 radical (unpaired) electrons. The molecule has 10 rings (SSSR count). The van der Waals surface area contributed by atoms with Crippen LogP contribution < -0.4 is 15.2 Å². The zero-order chi connectivity index (χ0) is 59.8. The minimum absolute atomic E-state index is 0. The standard InChI is InChI=1S/C26H30N6O2.C17H15ClN4O2.C8H15N3.CH4.S13/c1-13-12-27-32(26(5,6)7)21(13)11-20-24-17-10-22(33-8)18(23-14(2)31-34-15(23)3)9-19(17)30-25(24)29-16(4)28-20;1-7-14(8(2)24-22-7)11-5-12-10(6-13(11)23-4)15-16(18)19-9(3)20-17(15)21-12;1-6-5-10-11(7(6)9)8(2,3)4;;1-3-5-7-9-11-13-12-10-8-6-4-2/h9-10,12H,11H2,1-8H3,(H,28,29,30);5-6H,1-4H3,(H,19,20,21);5H,9H2,1-4H3;1H4;. The molecule has 0 bridgehead atoms. The third-order valence-electron chi connectivity index (χ3n) is 12.4. The lowest BCUT2D eigenvalue weighted by Gasteiger charge is -2.23. The van der Waals surface area contributed by atoms with Crippen LogP contribution in [0.1, 0.15) is 106 Å². The van der Waals surface area contributed by atoms with E-state index in [1.54, 1.807) is 100 Å². The van der Waals surface area contributed by atoms with Crippen LogP contribution in [0.25, 0.3) is 66.1 Å². The normalized spacial score (nSPS) is 11.0. The van der Waals surface area contributed by atoms with Crippen molar-refractivity contribution in [3.05, 3.63) is 98.9 Å². The fourth-order valence-electron chi connectivity index (χ4n) is 8.98. The van der Waals surface area contributed by atoms with Gasteiger partial charge in [-0.1, -0.05) is 29.3 Å². The first-order valence-corrected chi connectivity index (χ1v) is 41.0. The van der Waals surface area contributed by atoms with Crippen molar-refractivity contribution in [3.8, 4) is 33.8 Å². The Morgan fingerprint density at radius 2 is 1.01 bits per heavy atom. The highest BCUT2D eigenvalue weighted by molar-refractivity contribution is 8.75. The number of aryl methyl sites for hydroxylation is 8. The number of nitrogens with two attached hydrogens (primary N) is 1. The second-order valence-corrected chi connectivity index (χ2v) is 40.0. The van der Waals surface area contributed by atoms with E-state index in [-0.39, 0.29) is 18.5 Å². The predicted octanol–water partition coefficient (Wildman–Crippen LogP) is 12.0. The van der Waals surface area contributed by atoms with Crippen LogP contribution in [0.4, 0.5) is 5.82 Å². The summed E-state index contributed by atoms with van der Waals surface area (Å²) < 4.78 is 26.1. The second-order valence-electron chi connectivity index (χ2n) is 20.1. The third-order valence-corrected chi connectivity index (χ3v) is 34.9. The lowest BCUT2D eigenvalue weighted by atomic mass is 10.00. The van der Waals surface area contributed by atoms with Crippen LogP contribution in [0.5, 0.6) is 11.5 Å². The summed E-state index contributed by atoms with van der Waals surface area (Å²) in [6.45, 7) is 28.2. The predicted molar refractivity (Wildman–Crippen MR) is 374 cm³/mol. The molecule has 8 heterocycles. The van der Waals surface area contributed by atoms with Gasteiger partial charge in [0.1, 0.15) is 56.9 Å². The molecule has 0 unspecified atom stereocenters. The van der Waals surface area contributed by atoms with Crippen LogP contribution in [0.15, 0.2) is 45.7 Å². The van der Waals surface area contributed by atoms with Crippen LogP contribution >= 0.6 is 11.6 Å². The van der Waals surface area contributed by atoms with Crippen molar-refractivity contribution in [3.63, 3.8) is 0 Å². The monoisotopic (exact) mass is 1390 g/mol. The number of benzene rings is 2. The number of nitrogens with zero attached hydrogens (tertiary/aromatic N) is 10. The van der Waals surface area contributed by atoms with Crippen molar-refractivity contribution in [1.82, 2.24) is 59.8 Å². The van der Waals surface area contributed by atoms with E-state index in [1.165, 1.54) is 17.8 Å². The van der Waals surface area contributed by atoms with Gasteiger partial charge in [0.25, 0.3) is 0 Å². The van der Waals surface area contributed by atoms with Gasteiger partial charge in [-0.15, -0.1) is 0 Å². The average molecular weight is 1390 g/mol. The average Bonchev–Trinajstić information content (AvgIpc) is 2.30. The van der Waals surface area contributed by atoms with Gasteiger partial charge in [-0.2, -0.15) is 10.2 Å². The summed E-state index contributed by atoms with van der Waals surface area (Å²) in [6, 6.07) is 8.10. The zero-order valence-corrected chi connectivity index (χ0v) is 58.9. The van der Waals surface area contributed by atoms with Gasteiger partial charge in [-0.3, -0.25) is 4.68 Å². The molecule has 4 N–H and O–H groups in total. The number of H-pyrrole nitrogens is 2. The molecular formula is C52H64ClN13O4S13. The number of aromatic nitrogens is 12. The molecule has 0 atom stereocenters. The van der Waals surface area contributed by atoms with Gasteiger partial charge < -0.3 is 34.2 Å². The molecular weight excluding hydrogens is 1320 g/mol. The Morgan fingerprint density at radius 3 is 1.41 bits per heavy atom. The van der Waals surface area contributed by atoms with E-state index in [2.05, 4.69) is 106 Å². The van der Waals surface area contributed by atoms with Gasteiger partial charge in [0.2, 0.25) is 0 Å². The molecule has 0 aliphatic rings. The topological polar surface area (TPSA) is 215 Å². The lowest BCUT2D eigenvalue weighted by Crippen LogP contribution is -2.25. The number of nitrogens with one attached hydrogen (secondary N) is 2. The Morgan fingerprint density at radius 1 is 0.590 bits per heavy atom. The van der Waals surface area contributed by atoms with E-state index < -0.39 is 0 Å². The Kier molecular flexibility index (Phi) is 24.3. The molecule has 8 aromatic heterocycles. The first-order valence-electron chi connectivity index (χ1n) is 24.6. The van der Waals surface area contributed by atoms with E-state index in [1.807, 2.05) is 71.5 Å². The van der Waals surface area contributed by atoms with Crippen molar-refractivity contribution in [2.45, 2.75) is 122 Å². The zero-order valence-electron chi connectivity index (χ0n) is 47.5. The molecule has 0 saturated heterocycles. The first-order chi connectivity index (χ1) is 38.9. The van der Waals surface area contributed by atoms with Gasteiger partial charge in [0.05, 0.1) is 71.3 Å². The first kappa shape index (κ1) is 67.7. The molecule has 0 amide bonds. The highest BCUT2D eigenvalue weighted by Crippen LogP contribution is 2.42. The molecule has 10 aromatic rings. The van der Waals surface area contributed by atoms with E-state index in [0.29, 0.717) is 23.0 Å². The molecule has 31 heteroatoms. The number of hydrogen-bond donors (Lipinski definition) is 3. The summed E-state index contributed by atoms with van der Waals surface area (Å²) in [6.07, 6.45) is 4.38. The Hall–Kier alpha value is -4.41. The summed E-state index contributed by atoms with van der Waals surface area (Å²) in [5.41, 5.74) is 18.7. The Bertz CT molecular complexity index is 4490. The molecule has 0 aliphatic carbocycles. The number of fused-ring (bicyclic) bond motifs is 6. The number of anilines is 1. The maximum absolute atomic E-state index is 6.33. The van der Waals surface area contributed by atoms with Gasteiger partial charge in [-0.05, 0) is 127 Å². The number of hydrogen-bond acceptors (Lipinski definition) is 15. The van der Waals surface area contributed by atoms with Gasteiger partial charge >= 0.3 is 0 Å². The smallest absolute Gasteiger partial charge is 0.143 e. The van der Waals surface area contributed by atoms with Crippen molar-refractivity contribution < 1.29 is 18.5 Å². The summed E-state index contributed by atoms with van der Waals surface area (Å²) in [5.74, 6) is 5.09. The highest BCUT2D eigenvalue weighted by Gasteiger charge is 2.25. The third kappa shape index (κ3) is 16.2. The summed E-state index contributed by atoms with van der Waals surface area (Å²) in [5, 5.41) is 21.2. The molecule has 0 fully saturated rings. The van der Waals surface area contributed by atoms with Gasteiger partial charge in [0.15, 0.2) is 0 Å². The van der Waals surface area contributed by atoms with E-state index >= 15 is 0 Å². The van der Waals surface area contributed by atoms with Crippen LogP contribution in [0, 0.1) is 55.4 Å². The summed E-state index contributed by atoms with van der Waals surface area (Å²) in [4.78, 5) is 25.1. The SMILES string of the molecule is C.COc1cc2c(cc1-c1c(C)noc1C)[nH]c1nc(C)nc(Cc3c(C)cnn3C(C)(C)C)c12.COc1cc2c(cc1-c1c(C)noc1C)[nH]c1nc(C)nc(Cl)c12.Cc1cnn(C(C)(C)C)c1N.S=S=S=S=S=S=S=S=S=S=S=S=S. The van der Waals surface area contributed by atoms with E-state index in [4.69, 9.17) is 68.2 Å². The van der Waals surface area contributed by atoms with Gasteiger partial charge in [0, 0.05) is 176 Å². The molecule has 446 valence electrons. The molecule has 0 spiro atoms. The van der Waals surface area contributed by atoms with Gasteiger partial charge in [-0.25, -0.2) is 24.6 Å². The van der Waals surface area contributed by atoms with Crippen LogP contribution in [-0.4, -0.2) is 74.0 Å². The van der Waals surface area contributed by atoms with Crippen LogP contribution in [0.2, 0.25) is 5.15 Å². The van der Waals surface area contributed by atoms with E-state index in [0.717, 1.165) is 129 Å². The fourth-order valence-corrected chi connectivity index (χ4v) is 34.0. The number of ether oxygens (including phenoxy) is 2. The molecule has 0 saturated carbocycles. The lowest BCUT2D eigenvalue weighted by molar-refractivity contribution is 0.345. The number of nitrogen functional groups attached to an aromatic ring is 1. The number of rotatable bonds is 6. The minimum atomic E-state index is -0.128. The minimum Gasteiger partial charge on any atom is -0.496 e. The number of methoxy groups -OCH3 is 2. The van der Waals surface area contributed by atoms with Crippen LogP contribution in [0.3, 0.4) is 0 Å².